The predicted octanol–water partition coefficient (Wildman–Crippen LogP) is 0.0305. The fourth-order valence-corrected chi connectivity index (χ4v) is 1.29. The molecular weight excluding hydrogens is 210 g/mol. The van der Waals surface area contributed by atoms with E-state index < -0.39 is 24.2 Å². The van der Waals surface area contributed by atoms with Crippen LogP contribution >= 0.6 is 8.53 Å². The molecule has 1 unspecified atom stereocenters. The lowest BCUT2D eigenvalue weighted by Gasteiger charge is -2.07. The van der Waals surface area contributed by atoms with Crippen LogP contribution in [0.15, 0.2) is 0 Å². The van der Waals surface area contributed by atoms with E-state index in [2.05, 4.69) is 9.47 Å². The molecular formula is CH3F3NO4PS. The van der Waals surface area contributed by atoms with E-state index in [0.29, 0.717) is 0 Å². The molecule has 1 atom stereocenters. The Bertz CT molecular complexity index is 220. The fraction of sp³-hybridized carbons (Fsp3) is 1.00. The zero-order valence-electron chi connectivity index (χ0n) is 4.74. The summed E-state index contributed by atoms with van der Waals surface area (Å²) in [5.74, 6) is 0. The van der Waals surface area contributed by atoms with Crippen LogP contribution in [0.4, 0.5) is 13.2 Å². The summed E-state index contributed by atoms with van der Waals surface area (Å²) in [4.78, 5) is 7.99. The Morgan fingerprint density at radius 2 is 1.82 bits per heavy atom. The van der Waals surface area contributed by atoms with Gasteiger partial charge in [0, 0.05) is 0 Å². The Labute approximate surface area is 61.0 Å². The first-order valence-corrected chi connectivity index (χ1v) is 4.60. The highest BCUT2D eigenvalue weighted by molar-refractivity contribution is 7.91. The third kappa shape index (κ3) is 3.30. The minimum Gasteiger partial charge on any atom is -0.337 e. The third-order valence-corrected chi connectivity index (χ3v) is 2.42. The summed E-state index contributed by atoms with van der Waals surface area (Å²) in [6.07, 6.45) is 0. The van der Waals surface area contributed by atoms with Crippen molar-refractivity contribution in [3.8, 4) is 0 Å². The standard InChI is InChI=1S/CH3F3NO4PS/c2-1(3,4)11(7,8)9-10(5)6/h6H,5H2. The van der Waals surface area contributed by atoms with E-state index in [1.807, 2.05) is 0 Å². The highest BCUT2D eigenvalue weighted by Crippen LogP contribution is 2.33. The van der Waals surface area contributed by atoms with Crippen molar-refractivity contribution in [3.05, 3.63) is 0 Å². The van der Waals surface area contributed by atoms with Crippen LogP contribution in [0.2, 0.25) is 0 Å². The molecule has 10 heteroatoms. The average molecular weight is 213 g/mol. The molecule has 0 spiro atoms. The van der Waals surface area contributed by atoms with Crippen molar-refractivity contribution in [1.82, 2.24) is 0 Å². The summed E-state index contributed by atoms with van der Waals surface area (Å²) in [5.41, 5.74) is -1.25. The van der Waals surface area contributed by atoms with E-state index in [9.17, 15) is 21.6 Å². The summed E-state index contributed by atoms with van der Waals surface area (Å²) in [5, 5.41) is 0. The molecule has 0 rings (SSSR count). The minimum absolute atomic E-state index is 3.05. The second-order valence-corrected chi connectivity index (χ2v) is 3.85. The van der Waals surface area contributed by atoms with Crippen LogP contribution in [0.1, 0.15) is 0 Å². The van der Waals surface area contributed by atoms with Gasteiger partial charge in [0.15, 0.2) is 0 Å². The summed E-state index contributed by atoms with van der Waals surface area (Å²) >= 11 is 0. The van der Waals surface area contributed by atoms with Gasteiger partial charge in [0.05, 0.1) is 0 Å². The molecule has 0 aromatic heterocycles. The molecule has 0 amide bonds. The second kappa shape index (κ2) is 3.20. The molecule has 0 heterocycles. The van der Waals surface area contributed by atoms with Gasteiger partial charge < -0.3 is 4.89 Å². The molecule has 0 aliphatic heterocycles. The van der Waals surface area contributed by atoms with Gasteiger partial charge in [-0.2, -0.15) is 25.6 Å². The monoisotopic (exact) mass is 213 g/mol. The van der Waals surface area contributed by atoms with Crippen LogP contribution in [-0.4, -0.2) is 18.8 Å². The van der Waals surface area contributed by atoms with Crippen molar-refractivity contribution in [2.45, 2.75) is 5.51 Å². The molecule has 0 bridgehead atoms. The number of halogens is 3. The Morgan fingerprint density at radius 1 is 1.45 bits per heavy atom. The number of rotatable bonds is 2. The van der Waals surface area contributed by atoms with Gasteiger partial charge in [-0.1, -0.05) is 0 Å². The second-order valence-electron chi connectivity index (χ2n) is 1.28. The first-order chi connectivity index (χ1) is 4.67. The van der Waals surface area contributed by atoms with Crippen LogP contribution in [0.25, 0.3) is 0 Å². The van der Waals surface area contributed by atoms with Gasteiger partial charge in [-0.15, -0.1) is 0 Å². The molecule has 11 heavy (non-hydrogen) atoms. The zero-order valence-corrected chi connectivity index (χ0v) is 6.45. The quantitative estimate of drug-likeness (QED) is 0.498. The maximum absolute atomic E-state index is 11.3. The minimum atomic E-state index is -5.74. The molecule has 3 N–H and O–H groups in total. The molecule has 0 aliphatic carbocycles. The predicted molar refractivity (Wildman–Crippen MR) is 29.4 cm³/mol. The number of hydrogen-bond donors (Lipinski definition) is 2. The van der Waals surface area contributed by atoms with Crippen molar-refractivity contribution < 1.29 is 30.5 Å². The molecule has 0 aromatic rings. The highest BCUT2D eigenvalue weighted by atomic mass is 32.2. The van der Waals surface area contributed by atoms with Gasteiger partial charge in [0.1, 0.15) is 0 Å². The van der Waals surface area contributed by atoms with Crippen LogP contribution in [-0.2, 0) is 14.1 Å². The largest absolute Gasteiger partial charge is 0.523 e. The number of nitrogens with two attached hydrogens (primary N) is 1. The van der Waals surface area contributed by atoms with Crippen LogP contribution in [0.5, 0.6) is 0 Å². The van der Waals surface area contributed by atoms with E-state index in [0.717, 1.165) is 0 Å². The molecule has 0 aromatic carbocycles. The Kier molecular flexibility index (Phi) is 3.21. The lowest BCUT2D eigenvalue weighted by molar-refractivity contribution is -0.0499. The highest BCUT2D eigenvalue weighted by Gasteiger charge is 2.48. The van der Waals surface area contributed by atoms with Gasteiger partial charge in [-0.3, -0.25) is 5.50 Å². The molecule has 5 nitrogen and oxygen atoms in total. The van der Waals surface area contributed by atoms with E-state index >= 15 is 0 Å². The Hall–Kier alpha value is 0.0500. The summed E-state index contributed by atoms with van der Waals surface area (Å²) in [6.45, 7) is 0. The van der Waals surface area contributed by atoms with Crippen molar-refractivity contribution in [2.24, 2.45) is 5.50 Å². The molecule has 0 fully saturated rings. The van der Waals surface area contributed by atoms with Crippen molar-refractivity contribution in [1.29, 1.82) is 0 Å². The van der Waals surface area contributed by atoms with E-state index in [1.54, 1.807) is 0 Å². The number of hydrogen-bond acceptors (Lipinski definition) is 5. The van der Waals surface area contributed by atoms with Gasteiger partial charge in [-0.05, 0) is 0 Å². The maximum Gasteiger partial charge on any atom is 0.523 e. The van der Waals surface area contributed by atoms with Crippen LogP contribution in [0, 0.1) is 0 Å². The maximum atomic E-state index is 11.3. The first kappa shape index (κ1) is 11.1. The molecule has 0 saturated heterocycles. The third-order valence-electron chi connectivity index (χ3n) is 0.458. The van der Waals surface area contributed by atoms with Gasteiger partial charge >= 0.3 is 15.6 Å². The lowest BCUT2D eigenvalue weighted by atomic mass is 11.6. The first-order valence-electron chi connectivity index (χ1n) is 1.91. The molecule has 0 radical (unpaired) electrons. The molecule has 0 aliphatic rings. The van der Waals surface area contributed by atoms with Crippen LogP contribution in [0.3, 0.4) is 0 Å². The SMILES string of the molecule is NP(O)OS(=O)(=O)C(F)(F)F. The van der Waals surface area contributed by atoms with E-state index in [4.69, 9.17) is 4.89 Å². The van der Waals surface area contributed by atoms with E-state index in [-0.39, 0.29) is 0 Å². The summed E-state index contributed by atoms with van der Waals surface area (Å²) < 4.78 is 56.8. The molecule has 68 valence electrons. The van der Waals surface area contributed by atoms with Crippen molar-refractivity contribution in [2.75, 3.05) is 0 Å². The zero-order chi connectivity index (χ0) is 9.28. The Balaban J connectivity index is 4.51. The lowest BCUT2D eigenvalue weighted by Crippen LogP contribution is -2.24. The van der Waals surface area contributed by atoms with Crippen LogP contribution < -0.4 is 5.50 Å². The number of alkyl halides is 3. The summed E-state index contributed by atoms with van der Waals surface area (Å²) in [6, 6.07) is 0. The van der Waals surface area contributed by atoms with E-state index in [1.165, 1.54) is 0 Å². The van der Waals surface area contributed by atoms with Gasteiger partial charge in [-0.25, -0.2) is 0 Å². The molecule has 0 saturated carbocycles. The normalized spacial score (nSPS) is 16.5. The smallest absolute Gasteiger partial charge is 0.337 e. The van der Waals surface area contributed by atoms with Crippen molar-refractivity contribution >= 4 is 18.6 Å². The summed E-state index contributed by atoms with van der Waals surface area (Å²) in [7, 11) is -8.80. The van der Waals surface area contributed by atoms with Crippen molar-refractivity contribution in [3.63, 3.8) is 0 Å². The topological polar surface area (TPSA) is 89.6 Å². The Morgan fingerprint density at radius 3 is 1.91 bits per heavy atom. The van der Waals surface area contributed by atoms with Gasteiger partial charge in [0.2, 0.25) is 0 Å². The fourth-order valence-electron chi connectivity index (χ4n) is 0.143. The van der Waals surface area contributed by atoms with Gasteiger partial charge in [0.25, 0.3) is 8.53 Å². The average Bonchev–Trinajstić information content (AvgIpc) is 1.56.